The third-order valence-corrected chi connectivity index (χ3v) is 7.50. The summed E-state index contributed by atoms with van der Waals surface area (Å²) in [4.78, 5) is 48.8. The number of nitrogens with zero attached hydrogens (tertiary/aromatic N) is 1. The number of hydrogen-bond donors (Lipinski definition) is 5. The number of hydrogen-bond acceptors (Lipinski definition) is 11. The lowest BCUT2D eigenvalue weighted by molar-refractivity contribution is -0.300. The highest BCUT2D eigenvalue weighted by Crippen LogP contribution is 2.34. The Morgan fingerprint density at radius 2 is 1.98 bits per heavy atom. The van der Waals surface area contributed by atoms with Gasteiger partial charge in [-0.25, -0.2) is 4.79 Å². The van der Waals surface area contributed by atoms with Gasteiger partial charge in [-0.2, -0.15) is 16.7 Å². The van der Waals surface area contributed by atoms with E-state index in [2.05, 4.69) is 15.8 Å². The number of furan rings is 1. The van der Waals surface area contributed by atoms with Crippen molar-refractivity contribution >= 4 is 29.5 Å². The maximum absolute atomic E-state index is 12.7. The highest BCUT2D eigenvalue weighted by Gasteiger charge is 2.56. The number of nitrogens with one attached hydrogen (secondary N) is 2. The van der Waals surface area contributed by atoms with E-state index >= 15 is 0 Å². The average molecular weight is 594 g/mol. The second-order valence-electron chi connectivity index (χ2n) is 9.47. The Morgan fingerprint density at radius 1 is 1.24 bits per heavy atom. The van der Waals surface area contributed by atoms with Crippen LogP contribution >= 0.6 is 11.8 Å². The summed E-state index contributed by atoms with van der Waals surface area (Å²) in [6.07, 6.45) is -3.30. The van der Waals surface area contributed by atoms with Crippen LogP contribution in [0.3, 0.4) is 0 Å². The van der Waals surface area contributed by atoms with Gasteiger partial charge in [-0.05, 0) is 42.2 Å². The van der Waals surface area contributed by atoms with Crippen LogP contribution in [-0.4, -0.2) is 93.9 Å². The fourth-order valence-electron chi connectivity index (χ4n) is 4.49. The summed E-state index contributed by atoms with van der Waals surface area (Å²) in [5, 5.41) is 39.6. The Bertz CT molecular complexity index is 1160. The van der Waals surface area contributed by atoms with E-state index in [-0.39, 0.29) is 12.2 Å². The number of carboxylic acid groups (broad SMARTS) is 1. The number of aliphatic hydroxyl groups is 2. The van der Waals surface area contributed by atoms with E-state index in [9.17, 15) is 34.6 Å². The molecular formula is C27H35N3O10S. The molecule has 13 nitrogen and oxygen atoms in total. The van der Waals surface area contributed by atoms with Gasteiger partial charge in [-0.15, -0.1) is 0 Å². The van der Waals surface area contributed by atoms with Crippen molar-refractivity contribution in [2.45, 2.75) is 62.9 Å². The maximum Gasteiger partial charge on any atom is 0.364 e. The van der Waals surface area contributed by atoms with E-state index in [0.29, 0.717) is 17.9 Å². The molecule has 5 N–H and O–H groups in total. The van der Waals surface area contributed by atoms with E-state index in [0.717, 1.165) is 11.3 Å². The van der Waals surface area contributed by atoms with Crippen molar-refractivity contribution in [1.29, 1.82) is 0 Å². The molecule has 14 heteroatoms. The molecule has 2 aromatic rings. The van der Waals surface area contributed by atoms with Crippen LogP contribution in [0.15, 0.2) is 52.3 Å². The summed E-state index contributed by atoms with van der Waals surface area (Å²) in [5.41, 5.74) is 1.02. The molecule has 3 rings (SSSR count). The lowest BCUT2D eigenvalue weighted by Gasteiger charge is -2.46. The number of amides is 2. The van der Waals surface area contributed by atoms with Crippen LogP contribution in [0.4, 0.5) is 0 Å². The van der Waals surface area contributed by atoms with Crippen LogP contribution in [-0.2, 0) is 19.1 Å². The molecule has 1 aromatic heterocycles. The number of thioether (sulfide) groups is 1. The maximum atomic E-state index is 12.7. The number of benzene rings is 1. The number of carbonyl (C=O) groups excluding carboxylic acids is 2. The monoisotopic (exact) mass is 593 g/mol. The molecule has 2 heterocycles. The normalized spacial score (nSPS) is 23.8. The quantitative estimate of drug-likeness (QED) is 0.149. The number of ether oxygens (including phenoxy) is 2. The van der Waals surface area contributed by atoms with Crippen molar-refractivity contribution in [2.24, 2.45) is 5.18 Å². The molecule has 6 atom stereocenters. The summed E-state index contributed by atoms with van der Waals surface area (Å²) in [6.45, 7) is 2.67. The molecule has 1 saturated heterocycles. The Labute approximate surface area is 240 Å². The number of rotatable bonds is 15. The molecule has 1 unspecified atom stereocenters. The van der Waals surface area contributed by atoms with Crippen LogP contribution in [0.1, 0.15) is 37.0 Å². The fourth-order valence-corrected chi connectivity index (χ4v) is 5.10. The van der Waals surface area contributed by atoms with Crippen LogP contribution in [0.25, 0.3) is 11.3 Å². The van der Waals surface area contributed by atoms with Gasteiger partial charge in [0.25, 0.3) is 11.7 Å². The van der Waals surface area contributed by atoms with Gasteiger partial charge in [-0.1, -0.05) is 24.2 Å². The minimum atomic E-state index is -2.35. The van der Waals surface area contributed by atoms with Gasteiger partial charge in [-0.3, -0.25) is 9.59 Å². The molecule has 1 aromatic carbocycles. The third-order valence-electron chi connectivity index (χ3n) is 6.52. The lowest BCUT2D eigenvalue weighted by atomic mass is 9.87. The summed E-state index contributed by atoms with van der Waals surface area (Å²) in [6, 6.07) is 7.00. The van der Waals surface area contributed by atoms with Gasteiger partial charge in [0, 0.05) is 31.0 Å². The van der Waals surface area contributed by atoms with Crippen LogP contribution in [0.2, 0.25) is 0 Å². The third kappa shape index (κ3) is 8.36. The van der Waals surface area contributed by atoms with E-state index in [1.165, 1.54) is 13.2 Å². The van der Waals surface area contributed by atoms with Crippen LogP contribution in [0.5, 0.6) is 0 Å². The van der Waals surface area contributed by atoms with Gasteiger partial charge in [0.2, 0.25) is 5.91 Å². The molecule has 2 amide bonds. The van der Waals surface area contributed by atoms with E-state index < -0.39 is 66.9 Å². The molecule has 0 saturated carbocycles. The predicted octanol–water partition coefficient (Wildman–Crippen LogP) is 1.77. The smallest absolute Gasteiger partial charge is 0.364 e. The molecular weight excluding hydrogens is 558 g/mol. The Balaban J connectivity index is 1.73. The van der Waals surface area contributed by atoms with Gasteiger partial charge in [0.05, 0.1) is 31.1 Å². The SMILES string of the molecule is CCSCCCO[C@]1(C(=O)O)CC(O)[C@@H](NC(C)=O)[C@H]([C@H](N=O)[C@H](O)CNC(=O)c2ccc(-c3ccco3)cc2)O1. The second-order valence-corrected chi connectivity index (χ2v) is 10.9. The summed E-state index contributed by atoms with van der Waals surface area (Å²) in [5.74, 6) is -2.85. The zero-order valence-corrected chi connectivity index (χ0v) is 23.5. The van der Waals surface area contributed by atoms with E-state index in [1.54, 1.807) is 48.2 Å². The predicted molar refractivity (Wildman–Crippen MR) is 149 cm³/mol. The van der Waals surface area contributed by atoms with Crippen molar-refractivity contribution in [3.05, 3.63) is 53.1 Å². The van der Waals surface area contributed by atoms with Crippen molar-refractivity contribution in [3.8, 4) is 11.3 Å². The van der Waals surface area contributed by atoms with Crippen molar-refractivity contribution in [3.63, 3.8) is 0 Å². The summed E-state index contributed by atoms with van der Waals surface area (Å²) in [7, 11) is 0. The minimum absolute atomic E-state index is 0.0138. The highest BCUT2D eigenvalue weighted by molar-refractivity contribution is 7.99. The molecule has 0 spiro atoms. The minimum Gasteiger partial charge on any atom is -0.477 e. The van der Waals surface area contributed by atoms with E-state index in [1.807, 2.05) is 6.92 Å². The first kappa shape index (κ1) is 32.2. The molecule has 41 heavy (non-hydrogen) atoms. The fraction of sp³-hybridized carbons (Fsp3) is 0.519. The molecule has 0 bridgehead atoms. The summed E-state index contributed by atoms with van der Waals surface area (Å²) < 4.78 is 16.7. The van der Waals surface area contributed by atoms with Crippen molar-refractivity contribution in [2.75, 3.05) is 24.7 Å². The van der Waals surface area contributed by atoms with Gasteiger partial charge in [0.1, 0.15) is 17.9 Å². The summed E-state index contributed by atoms with van der Waals surface area (Å²) >= 11 is 1.64. The number of aliphatic carboxylic acids is 1. The number of carboxylic acids is 1. The molecule has 0 aliphatic carbocycles. The van der Waals surface area contributed by atoms with Gasteiger partial charge >= 0.3 is 5.97 Å². The Hall–Kier alpha value is -3.30. The molecule has 224 valence electrons. The molecule has 1 fully saturated rings. The molecule has 1 aliphatic rings. The molecule has 0 radical (unpaired) electrons. The second kappa shape index (κ2) is 15.1. The van der Waals surface area contributed by atoms with Crippen LogP contribution in [0, 0.1) is 4.91 Å². The number of aliphatic hydroxyl groups excluding tert-OH is 2. The first-order valence-electron chi connectivity index (χ1n) is 13.1. The topological polar surface area (TPSA) is 197 Å². The zero-order chi connectivity index (χ0) is 30.0. The average Bonchev–Trinajstić information content (AvgIpc) is 3.49. The van der Waals surface area contributed by atoms with Crippen molar-refractivity contribution < 1.29 is 43.6 Å². The lowest BCUT2D eigenvalue weighted by Crippen LogP contribution is -2.67. The standard InChI is InChI=1S/C27H35N3O10S/c1-3-41-13-5-12-39-27(26(35)36)14-19(32)22(29-16(2)31)24(40-27)23(30-37)20(33)15-28-25(34)18-9-7-17(8-10-18)21-6-4-11-38-21/h4,6-11,19-20,22-24,32-33H,3,5,12-15H2,1-2H3,(H,28,34)(H,29,31)(H,35,36)/t19?,20-,22-,23-,24-,27-/m1/s1. The number of nitroso groups, excluding NO2 is 1. The van der Waals surface area contributed by atoms with Gasteiger partial charge < -0.3 is 39.8 Å². The van der Waals surface area contributed by atoms with Crippen LogP contribution < -0.4 is 10.6 Å². The molecule has 1 aliphatic heterocycles. The Kier molecular flexibility index (Phi) is 11.8. The Morgan fingerprint density at radius 3 is 2.56 bits per heavy atom. The largest absolute Gasteiger partial charge is 0.477 e. The number of carbonyl (C=O) groups is 3. The zero-order valence-electron chi connectivity index (χ0n) is 22.7. The highest BCUT2D eigenvalue weighted by atomic mass is 32.2. The first-order chi connectivity index (χ1) is 19.6. The van der Waals surface area contributed by atoms with E-state index in [4.69, 9.17) is 13.9 Å². The van der Waals surface area contributed by atoms with Crippen molar-refractivity contribution in [1.82, 2.24) is 10.6 Å². The first-order valence-corrected chi connectivity index (χ1v) is 14.3. The van der Waals surface area contributed by atoms with Gasteiger partial charge in [0.15, 0.2) is 0 Å².